The van der Waals surface area contributed by atoms with Crippen molar-refractivity contribution in [2.45, 2.75) is 45.0 Å². The van der Waals surface area contributed by atoms with Gasteiger partial charge in [-0.15, -0.1) is 0 Å². The molecule has 1 atom stereocenters. The first-order valence-electron chi connectivity index (χ1n) is 8.42. The number of aromatic nitrogens is 2. The number of rotatable bonds is 6. The van der Waals surface area contributed by atoms with E-state index in [2.05, 4.69) is 43.8 Å². The molecule has 144 valence electrons. The number of hydrogen-bond acceptors (Lipinski definition) is 6. The topological polar surface area (TPSA) is 73.7 Å². The van der Waals surface area contributed by atoms with Gasteiger partial charge in [0.25, 0.3) is 11.8 Å². The van der Waals surface area contributed by atoms with E-state index in [-0.39, 0.29) is 34.5 Å². The SMILES string of the molecule is COc1nc2ccc(F)c([C@H](O)CO[Si](C)(C)C(C)(C)C)c2nc1OC. The van der Waals surface area contributed by atoms with Crippen LogP contribution in [0, 0.1) is 5.82 Å². The number of aliphatic hydroxyl groups excluding tert-OH is 1. The molecule has 0 bridgehead atoms. The fraction of sp³-hybridized carbons (Fsp3) is 0.556. The van der Waals surface area contributed by atoms with Gasteiger partial charge >= 0.3 is 0 Å². The third kappa shape index (κ3) is 3.97. The molecule has 1 aromatic carbocycles. The van der Waals surface area contributed by atoms with Crippen molar-refractivity contribution in [2.24, 2.45) is 0 Å². The lowest BCUT2D eigenvalue weighted by Gasteiger charge is -2.36. The van der Waals surface area contributed by atoms with Crippen LogP contribution in [0.5, 0.6) is 11.8 Å². The minimum absolute atomic E-state index is 0.0114. The lowest BCUT2D eigenvalue weighted by molar-refractivity contribution is 0.0983. The molecule has 0 aliphatic heterocycles. The average Bonchev–Trinajstić information content (AvgIpc) is 2.57. The molecular formula is C18H27FN2O4Si. The average molecular weight is 383 g/mol. The van der Waals surface area contributed by atoms with Crippen LogP contribution in [0.4, 0.5) is 4.39 Å². The number of ether oxygens (including phenoxy) is 2. The summed E-state index contributed by atoms with van der Waals surface area (Å²) in [6.07, 6.45) is -1.17. The first-order valence-corrected chi connectivity index (χ1v) is 11.3. The quantitative estimate of drug-likeness (QED) is 0.765. The number of methoxy groups -OCH3 is 2. The van der Waals surface area contributed by atoms with Crippen molar-refractivity contribution >= 4 is 19.4 Å². The Bertz CT molecular complexity index is 793. The van der Waals surface area contributed by atoms with Gasteiger partial charge in [-0.3, -0.25) is 0 Å². The van der Waals surface area contributed by atoms with Crippen molar-refractivity contribution in [1.29, 1.82) is 0 Å². The van der Waals surface area contributed by atoms with Gasteiger partial charge in [-0.2, -0.15) is 0 Å². The highest BCUT2D eigenvalue weighted by Gasteiger charge is 2.38. The van der Waals surface area contributed by atoms with Gasteiger partial charge in [0.05, 0.1) is 26.3 Å². The number of fused-ring (bicyclic) bond motifs is 1. The van der Waals surface area contributed by atoms with Crippen LogP contribution in [0.15, 0.2) is 12.1 Å². The summed E-state index contributed by atoms with van der Waals surface area (Å²) in [7, 11) is 0.793. The molecule has 0 fully saturated rings. The maximum Gasteiger partial charge on any atom is 0.278 e. The van der Waals surface area contributed by atoms with Gasteiger partial charge in [0.15, 0.2) is 8.32 Å². The van der Waals surface area contributed by atoms with Gasteiger partial charge in [0.1, 0.15) is 17.4 Å². The molecule has 6 nitrogen and oxygen atoms in total. The number of hydrogen-bond donors (Lipinski definition) is 1. The Balaban J connectivity index is 2.43. The Labute approximate surface area is 154 Å². The van der Waals surface area contributed by atoms with E-state index in [9.17, 15) is 9.50 Å². The lowest BCUT2D eigenvalue weighted by atomic mass is 10.1. The molecule has 1 N–H and O–H groups in total. The van der Waals surface area contributed by atoms with Crippen molar-refractivity contribution < 1.29 is 23.4 Å². The van der Waals surface area contributed by atoms with E-state index < -0.39 is 20.2 Å². The molecule has 0 aliphatic carbocycles. The minimum atomic E-state index is -2.08. The second kappa shape index (κ2) is 7.46. The zero-order chi connectivity index (χ0) is 19.7. The first kappa shape index (κ1) is 20.5. The van der Waals surface area contributed by atoms with Gasteiger partial charge in [0, 0.05) is 5.56 Å². The van der Waals surface area contributed by atoms with Crippen LogP contribution in [0.3, 0.4) is 0 Å². The van der Waals surface area contributed by atoms with Crippen molar-refractivity contribution in [3.8, 4) is 11.8 Å². The standard InChI is InChI=1S/C18H27FN2O4Si/c1-18(2,3)26(6,7)25-10-13(22)14-11(19)8-9-12-15(14)21-17(24-5)16(20-12)23-4/h8-9,13,22H,10H2,1-7H3/t13-/m1/s1. The lowest BCUT2D eigenvalue weighted by Crippen LogP contribution is -2.41. The van der Waals surface area contributed by atoms with Crippen LogP contribution in [0.25, 0.3) is 11.0 Å². The molecule has 2 aromatic rings. The van der Waals surface area contributed by atoms with Crippen LogP contribution < -0.4 is 9.47 Å². The van der Waals surface area contributed by atoms with E-state index in [1.165, 1.54) is 26.4 Å². The van der Waals surface area contributed by atoms with Crippen LogP contribution in [0.2, 0.25) is 18.1 Å². The molecule has 0 unspecified atom stereocenters. The Morgan fingerprint density at radius 1 is 1.12 bits per heavy atom. The largest absolute Gasteiger partial charge is 0.477 e. The van der Waals surface area contributed by atoms with Gasteiger partial charge in [-0.05, 0) is 30.3 Å². The third-order valence-corrected chi connectivity index (χ3v) is 9.39. The summed E-state index contributed by atoms with van der Waals surface area (Å²) in [6, 6.07) is 2.75. The summed E-state index contributed by atoms with van der Waals surface area (Å²) in [5, 5.41) is 10.6. The second-order valence-electron chi connectivity index (χ2n) is 7.66. The summed E-state index contributed by atoms with van der Waals surface area (Å²) >= 11 is 0. The monoisotopic (exact) mass is 382 g/mol. The third-order valence-electron chi connectivity index (χ3n) is 4.89. The molecular weight excluding hydrogens is 355 g/mol. The molecule has 0 saturated carbocycles. The van der Waals surface area contributed by atoms with Crippen LogP contribution in [-0.4, -0.2) is 44.2 Å². The summed E-state index contributed by atoms with van der Waals surface area (Å²) in [4.78, 5) is 8.56. The number of nitrogens with zero attached hydrogens (tertiary/aromatic N) is 2. The Morgan fingerprint density at radius 2 is 1.69 bits per heavy atom. The first-order chi connectivity index (χ1) is 12.0. The van der Waals surface area contributed by atoms with Gasteiger partial charge in [-0.25, -0.2) is 14.4 Å². The number of halogens is 1. The predicted molar refractivity (Wildman–Crippen MR) is 101 cm³/mol. The summed E-state index contributed by atoms with van der Waals surface area (Å²) in [6.45, 7) is 10.5. The summed E-state index contributed by atoms with van der Waals surface area (Å²) in [5.41, 5.74) is 0.689. The molecule has 1 aromatic heterocycles. The zero-order valence-electron chi connectivity index (χ0n) is 16.4. The molecule has 0 spiro atoms. The maximum absolute atomic E-state index is 14.5. The highest BCUT2D eigenvalue weighted by Crippen LogP contribution is 2.38. The zero-order valence-corrected chi connectivity index (χ0v) is 17.4. The van der Waals surface area contributed by atoms with Crippen molar-refractivity contribution in [3.05, 3.63) is 23.5 Å². The highest BCUT2D eigenvalue weighted by molar-refractivity contribution is 6.74. The van der Waals surface area contributed by atoms with Gasteiger partial charge < -0.3 is 19.0 Å². The van der Waals surface area contributed by atoms with Crippen LogP contribution >= 0.6 is 0 Å². The number of benzene rings is 1. The van der Waals surface area contributed by atoms with Crippen molar-refractivity contribution in [2.75, 3.05) is 20.8 Å². The Hall–Kier alpha value is -1.77. The van der Waals surface area contributed by atoms with Gasteiger partial charge in [-0.1, -0.05) is 20.8 Å². The highest BCUT2D eigenvalue weighted by atomic mass is 28.4. The molecule has 1 heterocycles. The predicted octanol–water partition coefficient (Wildman–Crippen LogP) is 3.84. The normalized spacial score (nSPS) is 13.7. The fourth-order valence-electron chi connectivity index (χ4n) is 2.26. The Kier molecular flexibility index (Phi) is 5.89. The van der Waals surface area contributed by atoms with Gasteiger partial charge in [0.2, 0.25) is 0 Å². The minimum Gasteiger partial charge on any atom is -0.477 e. The molecule has 0 saturated heterocycles. The smallest absolute Gasteiger partial charge is 0.278 e. The van der Waals surface area contributed by atoms with Crippen LogP contribution in [-0.2, 0) is 4.43 Å². The van der Waals surface area contributed by atoms with E-state index in [4.69, 9.17) is 13.9 Å². The molecule has 0 amide bonds. The maximum atomic E-state index is 14.5. The Morgan fingerprint density at radius 3 is 2.23 bits per heavy atom. The molecule has 8 heteroatoms. The molecule has 26 heavy (non-hydrogen) atoms. The second-order valence-corrected chi connectivity index (χ2v) is 12.5. The van der Waals surface area contributed by atoms with Crippen molar-refractivity contribution in [1.82, 2.24) is 9.97 Å². The summed E-state index contributed by atoms with van der Waals surface area (Å²) < 4.78 is 30.8. The molecule has 0 aliphatic rings. The van der Waals surface area contributed by atoms with E-state index in [0.29, 0.717) is 5.52 Å². The van der Waals surface area contributed by atoms with E-state index in [1.807, 2.05) is 0 Å². The van der Waals surface area contributed by atoms with Crippen molar-refractivity contribution in [3.63, 3.8) is 0 Å². The fourth-order valence-corrected chi connectivity index (χ4v) is 3.26. The van der Waals surface area contributed by atoms with E-state index in [1.54, 1.807) is 0 Å². The molecule has 0 radical (unpaired) electrons. The molecule has 2 rings (SSSR count). The number of aliphatic hydroxyl groups is 1. The van der Waals surface area contributed by atoms with E-state index in [0.717, 1.165) is 0 Å². The summed E-state index contributed by atoms with van der Waals surface area (Å²) in [5.74, 6) is -0.237. The van der Waals surface area contributed by atoms with E-state index >= 15 is 0 Å². The van der Waals surface area contributed by atoms with Crippen LogP contribution in [0.1, 0.15) is 32.4 Å².